The second-order valence-electron chi connectivity index (χ2n) is 4.90. The molecule has 1 aromatic carbocycles. The van der Waals surface area contributed by atoms with Gasteiger partial charge in [-0.1, -0.05) is 49.4 Å². The quantitative estimate of drug-likeness (QED) is 0.518. The highest BCUT2D eigenvalue weighted by Gasteiger charge is 1.99. The molecule has 1 aromatic rings. The van der Waals surface area contributed by atoms with Crippen molar-refractivity contribution in [2.45, 2.75) is 39.0 Å². The minimum absolute atomic E-state index is 0.138. The maximum absolute atomic E-state index is 10.9. The topological polar surface area (TPSA) is 26.3 Å². The normalized spacial score (nSPS) is 12.5. The molecule has 0 aromatic heterocycles. The molecule has 0 saturated heterocycles. The molecule has 0 aliphatic heterocycles. The fraction of sp³-hybridized carbons (Fsp3) is 0.471. The molecule has 2 heteroatoms. The summed E-state index contributed by atoms with van der Waals surface area (Å²) in [7, 11) is 1.43. The molecule has 2 nitrogen and oxygen atoms in total. The molecular weight excluding hydrogens is 236 g/mol. The van der Waals surface area contributed by atoms with Gasteiger partial charge in [0.25, 0.3) is 0 Å². The van der Waals surface area contributed by atoms with Crippen LogP contribution < -0.4 is 0 Å². The summed E-state index contributed by atoms with van der Waals surface area (Å²) in [5.74, 6) is 0.433. The highest BCUT2D eigenvalue weighted by molar-refractivity contribution is 5.69. The van der Waals surface area contributed by atoms with Gasteiger partial charge >= 0.3 is 5.97 Å². The molecule has 0 fully saturated rings. The van der Waals surface area contributed by atoms with Gasteiger partial charge in [-0.2, -0.15) is 0 Å². The number of hydrogen-bond donors (Lipinski definition) is 0. The van der Waals surface area contributed by atoms with Crippen molar-refractivity contribution in [3.8, 4) is 0 Å². The molecule has 1 rings (SSSR count). The molecule has 0 heterocycles. The second-order valence-corrected chi connectivity index (χ2v) is 4.90. The average molecular weight is 260 g/mol. The average Bonchev–Trinajstić information content (AvgIpc) is 2.44. The first kappa shape index (κ1) is 15.5. The number of hydrogen-bond acceptors (Lipinski definition) is 2. The van der Waals surface area contributed by atoms with Crippen LogP contribution in [0.3, 0.4) is 0 Å². The van der Waals surface area contributed by atoms with E-state index in [9.17, 15) is 4.79 Å². The van der Waals surface area contributed by atoms with E-state index in [1.165, 1.54) is 25.5 Å². The number of carbonyl (C=O) groups excluding carboxylic acids is 1. The van der Waals surface area contributed by atoms with E-state index in [-0.39, 0.29) is 5.97 Å². The summed E-state index contributed by atoms with van der Waals surface area (Å²) in [5, 5.41) is 0. The third kappa shape index (κ3) is 7.45. The Hall–Kier alpha value is -1.57. The third-order valence-corrected chi connectivity index (χ3v) is 3.18. The molecule has 0 aliphatic carbocycles. The first-order chi connectivity index (χ1) is 9.22. The summed E-state index contributed by atoms with van der Waals surface area (Å²) in [6, 6.07) is 10.6. The molecule has 0 saturated carbocycles. The van der Waals surface area contributed by atoms with E-state index in [1.54, 1.807) is 0 Å². The Kier molecular flexibility index (Phi) is 7.64. The molecule has 104 valence electrons. The van der Waals surface area contributed by atoms with Crippen LogP contribution in [-0.4, -0.2) is 13.1 Å². The van der Waals surface area contributed by atoms with Crippen LogP contribution in [0, 0.1) is 5.92 Å². The molecule has 0 N–H and O–H groups in total. The van der Waals surface area contributed by atoms with Crippen LogP contribution in [-0.2, 0) is 16.0 Å². The zero-order chi connectivity index (χ0) is 13.9. The maximum atomic E-state index is 10.9. The largest absolute Gasteiger partial charge is 0.469 e. The number of methoxy groups -OCH3 is 1. The highest BCUT2D eigenvalue weighted by Crippen LogP contribution is 2.12. The highest BCUT2D eigenvalue weighted by atomic mass is 16.5. The van der Waals surface area contributed by atoms with Gasteiger partial charge in [-0.05, 0) is 37.2 Å². The lowest BCUT2D eigenvalue weighted by atomic mass is 10.0. The van der Waals surface area contributed by atoms with Gasteiger partial charge in [-0.3, -0.25) is 4.79 Å². The van der Waals surface area contributed by atoms with Gasteiger partial charge in [-0.15, -0.1) is 0 Å². The van der Waals surface area contributed by atoms with E-state index in [0.717, 1.165) is 12.8 Å². The van der Waals surface area contributed by atoms with Gasteiger partial charge in [0.05, 0.1) is 7.11 Å². The Morgan fingerprint density at radius 3 is 2.74 bits per heavy atom. The van der Waals surface area contributed by atoms with Gasteiger partial charge < -0.3 is 4.74 Å². The standard InChI is InChI=1S/C17H24O2/c1-15(9-6-7-14-17(18)19-2)10-8-13-16-11-4-3-5-12-16/h3-6,9,11-12,15H,7-8,10,13-14H2,1-2H3. The molecule has 0 amide bonds. The van der Waals surface area contributed by atoms with Crippen molar-refractivity contribution in [3.05, 3.63) is 48.0 Å². The van der Waals surface area contributed by atoms with Crippen molar-refractivity contribution >= 4 is 5.97 Å². The van der Waals surface area contributed by atoms with Crippen LogP contribution >= 0.6 is 0 Å². The first-order valence-corrected chi connectivity index (χ1v) is 6.99. The fourth-order valence-corrected chi connectivity index (χ4v) is 2.00. The monoisotopic (exact) mass is 260 g/mol. The Morgan fingerprint density at radius 2 is 2.05 bits per heavy atom. The van der Waals surface area contributed by atoms with Gasteiger partial charge in [0.2, 0.25) is 0 Å². The van der Waals surface area contributed by atoms with E-state index in [0.29, 0.717) is 12.3 Å². The van der Waals surface area contributed by atoms with Crippen molar-refractivity contribution in [2.24, 2.45) is 5.92 Å². The number of benzene rings is 1. The van der Waals surface area contributed by atoms with Crippen molar-refractivity contribution in [2.75, 3.05) is 7.11 Å². The number of ether oxygens (including phenoxy) is 1. The van der Waals surface area contributed by atoms with Crippen LogP contribution in [0.2, 0.25) is 0 Å². The van der Waals surface area contributed by atoms with Crippen molar-refractivity contribution in [1.29, 1.82) is 0 Å². The minimum atomic E-state index is -0.138. The molecular formula is C17H24O2. The predicted octanol–water partition coefficient (Wildman–Crippen LogP) is 4.15. The van der Waals surface area contributed by atoms with E-state index >= 15 is 0 Å². The molecule has 1 unspecified atom stereocenters. The minimum Gasteiger partial charge on any atom is -0.469 e. The van der Waals surface area contributed by atoms with Gasteiger partial charge in [0, 0.05) is 6.42 Å². The van der Waals surface area contributed by atoms with Crippen LogP contribution in [0.15, 0.2) is 42.5 Å². The molecule has 0 radical (unpaired) electrons. The Labute approximate surface area is 116 Å². The SMILES string of the molecule is COC(=O)CCC=CC(C)CCCc1ccccc1. The molecule has 1 atom stereocenters. The third-order valence-electron chi connectivity index (χ3n) is 3.18. The van der Waals surface area contributed by atoms with Crippen LogP contribution in [0.25, 0.3) is 0 Å². The van der Waals surface area contributed by atoms with Crippen molar-refractivity contribution in [3.63, 3.8) is 0 Å². The Bertz CT molecular complexity index is 382. The smallest absolute Gasteiger partial charge is 0.305 e. The fourth-order valence-electron chi connectivity index (χ4n) is 2.00. The summed E-state index contributed by atoms with van der Waals surface area (Å²) in [6.07, 6.45) is 9.06. The zero-order valence-corrected chi connectivity index (χ0v) is 12.0. The van der Waals surface area contributed by atoms with Gasteiger partial charge in [0.1, 0.15) is 0 Å². The second kappa shape index (κ2) is 9.37. The summed E-state index contributed by atoms with van der Waals surface area (Å²) in [4.78, 5) is 10.9. The number of allylic oxidation sites excluding steroid dienone is 2. The van der Waals surface area contributed by atoms with Crippen LogP contribution in [0.4, 0.5) is 0 Å². The predicted molar refractivity (Wildman–Crippen MR) is 78.9 cm³/mol. The summed E-state index contributed by atoms with van der Waals surface area (Å²) in [5.41, 5.74) is 1.41. The van der Waals surface area contributed by atoms with E-state index in [2.05, 4.69) is 54.1 Å². The summed E-state index contributed by atoms with van der Waals surface area (Å²) < 4.78 is 4.60. The Balaban J connectivity index is 2.12. The first-order valence-electron chi connectivity index (χ1n) is 6.99. The molecule has 0 bridgehead atoms. The molecule has 0 spiro atoms. The number of carbonyl (C=O) groups is 1. The summed E-state index contributed by atoms with van der Waals surface area (Å²) in [6.45, 7) is 2.22. The van der Waals surface area contributed by atoms with E-state index < -0.39 is 0 Å². The molecule has 0 aliphatic rings. The van der Waals surface area contributed by atoms with E-state index in [4.69, 9.17) is 0 Å². The molecule has 19 heavy (non-hydrogen) atoms. The lowest BCUT2D eigenvalue weighted by molar-refractivity contribution is -0.140. The zero-order valence-electron chi connectivity index (χ0n) is 12.0. The number of aryl methyl sites for hydroxylation is 1. The van der Waals surface area contributed by atoms with Crippen molar-refractivity contribution in [1.82, 2.24) is 0 Å². The van der Waals surface area contributed by atoms with Crippen molar-refractivity contribution < 1.29 is 9.53 Å². The van der Waals surface area contributed by atoms with Crippen LogP contribution in [0.5, 0.6) is 0 Å². The van der Waals surface area contributed by atoms with Crippen LogP contribution in [0.1, 0.15) is 38.2 Å². The Morgan fingerprint density at radius 1 is 1.32 bits per heavy atom. The number of esters is 1. The lowest BCUT2D eigenvalue weighted by Crippen LogP contribution is -1.98. The van der Waals surface area contributed by atoms with Gasteiger partial charge in [-0.25, -0.2) is 0 Å². The lowest BCUT2D eigenvalue weighted by Gasteiger charge is -2.06. The maximum Gasteiger partial charge on any atom is 0.305 e. The van der Waals surface area contributed by atoms with Gasteiger partial charge in [0.15, 0.2) is 0 Å². The number of rotatable bonds is 8. The summed E-state index contributed by atoms with van der Waals surface area (Å²) >= 11 is 0. The van der Waals surface area contributed by atoms with E-state index in [1.807, 2.05) is 0 Å².